The molecule has 0 aliphatic carbocycles. The van der Waals surface area contributed by atoms with Gasteiger partial charge >= 0.3 is 5.97 Å². The second-order valence-electron chi connectivity index (χ2n) is 10.5. The van der Waals surface area contributed by atoms with Crippen LogP contribution in [-0.2, 0) is 9.59 Å². The van der Waals surface area contributed by atoms with Gasteiger partial charge in [-0.3, -0.25) is 9.69 Å². The minimum atomic E-state index is -0.764. The molecule has 1 atom stereocenters. The SMILES string of the molecule is CC.CCCCCCCCCCCCN(CCCCCCCCCCCC)C(CCC(C)=O)C(=O)O. The maximum atomic E-state index is 12.0. The number of carboxylic acid groups (broad SMARTS) is 1. The first-order valence-corrected chi connectivity index (χ1v) is 16.0. The van der Waals surface area contributed by atoms with Gasteiger partial charge in [-0.2, -0.15) is 0 Å². The van der Waals surface area contributed by atoms with Crippen molar-refractivity contribution in [2.75, 3.05) is 13.1 Å². The number of ketones is 1. The first-order valence-electron chi connectivity index (χ1n) is 16.0. The molecule has 0 amide bonds. The summed E-state index contributed by atoms with van der Waals surface area (Å²) in [6.45, 7) is 11.8. The maximum Gasteiger partial charge on any atom is 0.320 e. The largest absolute Gasteiger partial charge is 0.480 e. The Kier molecular flexibility index (Phi) is 31.4. The Hall–Kier alpha value is -0.900. The minimum Gasteiger partial charge on any atom is -0.480 e. The molecule has 1 unspecified atom stereocenters. The van der Waals surface area contributed by atoms with E-state index in [1.54, 1.807) is 6.92 Å². The highest BCUT2D eigenvalue weighted by Gasteiger charge is 2.25. The van der Waals surface area contributed by atoms with Gasteiger partial charge < -0.3 is 9.90 Å². The van der Waals surface area contributed by atoms with Gasteiger partial charge in [0, 0.05) is 6.42 Å². The van der Waals surface area contributed by atoms with E-state index in [9.17, 15) is 14.7 Å². The summed E-state index contributed by atoms with van der Waals surface area (Å²) in [4.78, 5) is 25.6. The van der Waals surface area contributed by atoms with E-state index in [1.165, 1.54) is 116 Å². The van der Waals surface area contributed by atoms with Gasteiger partial charge in [-0.25, -0.2) is 0 Å². The third-order valence-corrected chi connectivity index (χ3v) is 7.09. The predicted molar refractivity (Wildman–Crippen MR) is 158 cm³/mol. The summed E-state index contributed by atoms with van der Waals surface area (Å²) in [5.41, 5.74) is 0. The van der Waals surface area contributed by atoms with Crippen LogP contribution in [0.4, 0.5) is 0 Å². The van der Waals surface area contributed by atoms with Crippen LogP contribution < -0.4 is 0 Å². The highest BCUT2D eigenvalue weighted by Crippen LogP contribution is 2.16. The Labute approximate surface area is 226 Å². The Morgan fingerprint density at radius 1 is 0.583 bits per heavy atom. The lowest BCUT2D eigenvalue weighted by molar-refractivity contribution is -0.143. The topological polar surface area (TPSA) is 57.6 Å². The molecule has 1 N–H and O–H groups in total. The van der Waals surface area contributed by atoms with Gasteiger partial charge in [-0.15, -0.1) is 0 Å². The smallest absolute Gasteiger partial charge is 0.320 e. The molecular weight excluding hydrogens is 446 g/mol. The molecule has 0 aromatic carbocycles. The fourth-order valence-corrected chi connectivity index (χ4v) is 4.83. The van der Waals surface area contributed by atoms with Gasteiger partial charge in [-0.1, -0.05) is 143 Å². The van der Waals surface area contributed by atoms with Gasteiger partial charge in [0.25, 0.3) is 0 Å². The number of nitrogens with zero attached hydrogens (tertiary/aromatic N) is 1. The summed E-state index contributed by atoms with van der Waals surface area (Å²) in [7, 11) is 0. The molecular formula is C32H65NO3. The van der Waals surface area contributed by atoms with Crippen LogP contribution in [-0.4, -0.2) is 40.9 Å². The summed E-state index contributed by atoms with van der Waals surface area (Å²) in [6.07, 6.45) is 26.6. The van der Waals surface area contributed by atoms with E-state index >= 15 is 0 Å². The van der Waals surface area contributed by atoms with E-state index in [2.05, 4.69) is 18.7 Å². The molecule has 36 heavy (non-hydrogen) atoms. The summed E-state index contributed by atoms with van der Waals surface area (Å²) < 4.78 is 0. The van der Waals surface area contributed by atoms with Crippen LogP contribution in [0.15, 0.2) is 0 Å². The van der Waals surface area contributed by atoms with E-state index in [0.717, 1.165) is 25.9 Å². The lowest BCUT2D eigenvalue weighted by Crippen LogP contribution is -2.42. The molecule has 0 saturated heterocycles. The average molecular weight is 512 g/mol. The van der Waals surface area contributed by atoms with Gasteiger partial charge in [0.2, 0.25) is 0 Å². The number of carbonyl (C=O) groups is 2. The summed E-state index contributed by atoms with van der Waals surface area (Å²) in [5.74, 6) is -0.676. The van der Waals surface area contributed by atoms with E-state index in [-0.39, 0.29) is 5.78 Å². The third kappa shape index (κ3) is 26.2. The molecule has 0 radical (unpaired) electrons. The molecule has 4 nitrogen and oxygen atoms in total. The molecule has 0 aromatic heterocycles. The number of carbonyl (C=O) groups excluding carboxylic acids is 1. The van der Waals surface area contributed by atoms with Crippen molar-refractivity contribution in [3.63, 3.8) is 0 Å². The van der Waals surface area contributed by atoms with Crippen LogP contribution in [0.1, 0.15) is 176 Å². The fraction of sp³-hybridized carbons (Fsp3) is 0.938. The number of Topliss-reactive ketones (excluding diaryl/α,β-unsaturated/α-hetero) is 1. The van der Waals surface area contributed by atoms with Crippen LogP contribution >= 0.6 is 0 Å². The van der Waals surface area contributed by atoms with Crippen molar-refractivity contribution in [1.82, 2.24) is 4.90 Å². The minimum absolute atomic E-state index is 0.0871. The molecule has 0 saturated carbocycles. The number of hydrogen-bond acceptors (Lipinski definition) is 3. The zero-order valence-corrected chi connectivity index (χ0v) is 25.3. The molecule has 4 heteroatoms. The number of unbranched alkanes of at least 4 members (excludes halogenated alkanes) is 18. The number of rotatable bonds is 27. The maximum absolute atomic E-state index is 12.0. The van der Waals surface area contributed by atoms with E-state index in [1.807, 2.05) is 13.8 Å². The van der Waals surface area contributed by atoms with E-state index in [0.29, 0.717) is 12.8 Å². The zero-order valence-electron chi connectivity index (χ0n) is 25.3. The lowest BCUT2D eigenvalue weighted by Gasteiger charge is -2.29. The van der Waals surface area contributed by atoms with Crippen molar-refractivity contribution in [2.24, 2.45) is 0 Å². The van der Waals surface area contributed by atoms with Crippen molar-refractivity contribution in [1.29, 1.82) is 0 Å². The Morgan fingerprint density at radius 3 is 1.17 bits per heavy atom. The summed E-state index contributed by atoms with van der Waals surface area (Å²) >= 11 is 0. The van der Waals surface area contributed by atoms with Crippen molar-refractivity contribution >= 4 is 11.8 Å². The molecule has 0 aliphatic rings. The van der Waals surface area contributed by atoms with Crippen molar-refractivity contribution < 1.29 is 14.7 Å². The predicted octanol–water partition coefficient (Wildman–Crippen LogP) is 9.98. The molecule has 0 aliphatic heterocycles. The second-order valence-corrected chi connectivity index (χ2v) is 10.5. The normalized spacial score (nSPS) is 11.8. The molecule has 0 bridgehead atoms. The standard InChI is InChI=1S/C30H59NO3.C2H6/c1-4-6-8-10-12-14-16-18-20-22-26-31(29(30(33)34)25-24-28(3)32)27-23-21-19-17-15-13-11-9-7-5-2;1-2/h29H,4-27H2,1-3H3,(H,33,34);1-2H3. The van der Waals surface area contributed by atoms with E-state index < -0.39 is 12.0 Å². The van der Waals surface area contributed by atoms with Crippen LogP contribution in [0.3, 0.4) is 0 Å². The van der Waals surface area contributed by atoms with Gasteiger partial charge in [-0.05, 0) is 39.3 Å². The van der Waals surface area contributed by atoms with Crippen molar-refractivity contribution in [3.8, 4) is 0 Å². The first-order chi connectivity index (χ1) is 17.5. The lowest BCUT2D eigenvalue weighted by atomic mass is 10.0. The first kappa shape index (κ1) is 37.3. The van der Waals surface area contributed by atoms with Crippen LogP contribution in [0.25, 0.3) is 0 Å². The van der Waals surface area contributed by atoms with Crippen LogP contribution in [0.2, 0.25) is 0 Å². The Bertz CT molecular complexity index is 442. The number of carboxylic acids is 1. The molecule has 0 fully saturated rings. The molecule has 0 aromatic rings. The van der Waals surface area contributed by atoms with Crippen molar-refractivity contribution in [2.45, 2.75) is 182 Å². The fourth-order valence-electron chi connectivity index (χ4n) is 4.83. The highest BCUT2D eigenvalue weighted by atomic mass is 16.4. The molecule has 0 spiro atoms. The zero-order chi connectivity index (χ0) is 27.3. The van der Waals surface area contributed by atoms with Gasteiger partial charge in [0.05, 0.1) is 0 Å². The van der Waals surface area contributed by atoms with Crippen LogP contribution in [0, 0.1) is 0 Å². The quantitative estimate of drug-likeness (QED) is 0.111. The molecule has 0 heterocycles. The van der Waals surface area contributed by atoms with Gasteiger partial charge in [0.15, 0.2) is 0 Å². The van der Waals surface area contributed by atoms with E-state index in [4.69, 9.17) is 0 Å². The average Bonchev–Trinajstić information content (AvgIpc) is 2.86. The summed E-state index contributed by atoms with van der Waals surface area (Å²) in [5, 5.41) is 9.83. The highest BCUT2D eigenvalue weighted by molar-refractivity contribution is 5.78. The monoisotopic (exact) mass is 511 g/mol. The Balaban J connectivity index is 0. The van der Waals surface area contributed by atoms with Crippen molar-refractivity contribution in [3.05, 3.63) is 0 Å². The summed E-state index contributed by atoms with van der Waals surface area (Å²) in [6, 6.07) is -0.513. The second kappa shape index (κ2) is 30.3. The van der Waals surface area contributed by atoms with Gasteiger partial charge in [0.1, 0.15) is 11.8 Å². The molecule has 216 valence electrons. The number of aliphatic carboxylic acids is 1. The van der Waals surface area contributed by atoms with Crippen LogP contribution in [0.5, 0.6) is 0 Å². The molecule has 0 rings (SSSR count). The Morgan fingerprint density at radius 2 is 0.889 bits per heavy atom. The number of hydrogen-bond donors (Lipinski definition) is 1. The third-order valence-electron chi connectivity index (χ3n) is 7.09.